The lowest BCUT2D eigenvalue weighted by atomic mass is 10.1. The Bertz CT molecular complexity index is 598. The second-order valence-corrected chi connectivity index (χ2v) is 5.69. The van der Waals surface area contributed by atoms with Crippen LogP contribution < -0.4 is 11.1 Å². The number of nitrogens with one attached hydrogen (secondary N) is 1. The van der Waals surface area contributed by atoms with Gasteiger partial charge in [0.15, 0.2) is 0 Å². The number of anilines is 2. The molecule has 2 aromatic rings. The Hall–Kier alpha value is -1.53. The van der Waals surface area contributed by atoms with Crippen molar-refractivity contribution >= 4 is 44.6 Å². The van der Waals surface area contributed by atoms with Crippen molar-refractivity contribution in [1.82, 2.24) is 0 Å². The summed E-state index contributed by atoms with van der Waals surface area (Å²) >= 11 is 5.14. The number of rotatable bonds is 4. The standard InChI is InChI=1S/C13H13BrN2O2S/c1-18-13(17)8-2-3-11(10(15)6-8)16-7-12-9(14)4-5-19-12/h2-6,16H,7,15H2,1H3. The van der Waals surface area contributed by atoms with Gasteiger partial charge in [0.25, 0.3) is 0 Å². The molecule has 4 nitrogen and oxygen atoms in total. The van der Waals surface area contributed by atoms with E-state index < -0.39 is 0 Å². The van der Waals surface area contributed by atoms with E-state index in [1.165, 1.54) is 12.0 Å². The van der Waals surface area contributed by atoms with Gasteiger partial charge in [-0.3, -0.25) is 0 Å². The van der Waals surface area contributed by atoms with E-state index in [-0.39, 0.29) is 5.97 Å². The molecule has 2 rings (SSSR count). The average molecular weight is 341 g/mol. The quantitative estimate of drug-likeness (QED) is 0.660. The van der Waals surface area contributed by atoms with Crippen molar-refractivity contribution in [3.8, 4) is 0 Å². The topological polar surface area (TPSA) is 64.3 Å². The lowest BCUT2D eigenvalue weighted by Gasteiger charge is -2.10. The van der Waals surface area contributed by atoms with Crippen LogP contribution in [0, 0.1) is 0 Å². The second kappa shape index (κ2) is 6.08. The van der Waals surface area contributed by atoms with Gasteiger partial charge in [0.1, 0.15) is 0 Å². The fraction of sp³-hybridized carbons (Fsp3) is 0.154. The molecule has 0 spiro atoms. The summed E-state index contributed by atoms with van der Waals surface area (Å²) in [5.74, 6) is -0.390. The van der Waals surface area contributed by atoms with Crippen molar-refractivity contribution in [3.05, 3.63) is 44.6 Å². The van der Waals surface area contributed by atoms with E-state index in [9.17, 15) is 4.79 Å². The van der Waals surface area contributed by atoms with Crippen molar-refractivity contribution in [2.24, 2.45) is 0 Å². The average Bonchev–Trinajstić information content (AvgIpc) is 2.82. The molecular weight excluding hydrogens is 328 g/mol. The highest BCUT2D eigenvalue weighted by molar-refractivity contribution is 9.10. The van der Waals surface area contributed by atoms with Crippen molar-refractivity contribution < 1.29 is 9.53 Å². The molecule has 1 aromatic heterocycles. The predicted octanol–water partition coefficient (Wildman–Crippen LogP) is 3.49. The molecule has 0 aliphatic rings. The first kappa shape index (κ1) is 13.9. The SMILES string of the molecule is COC(=O)c1ccc(NCc2sccc2Br)c(N)c1. The first-order valence-electron chi connectivity index (χ1n) is 5.55. The van der Waals surface area contributed by atoms with E-state index in [1.807, 2.05) is 11.4 Å². The van der Waals surface area contributed by atoms with E-state index in [0.29, 0.717) is 17.8 Å². The Balaban J connectivity index is 2.09. The van der Waals surface area contributed by atoms with Gasteiger partial charge < -0.3 is 15.8 Å². The van der Waals surface area contributed by atoms with Crippen LogP contribution in [0.5, 0.6) is 0 Å². The highest BCUT2D eigenvalue weighted by Gasteiger charge is 2.08. The second-order valence-electron chi connectivity index (χ2n) is 3.84. The first-order chi connectivity index (χ1) is 9.11. The lowest BCUT2D eigenvalue weighted by molar-refractivity contribution is 0.0601. The molecule has 0 saturated heterocycles. The van der Waals surface area contributed by atoms with Crippen molar-refractivity contribution in [3.63, 3.8) is 0 Å². The molecule has 3 N–H and O–H groups in total. The van der Waals surface area contributed by atoms with Crippen LogP contribution in [0.2, 0.25) is 0 Å². The largest absolute Gasteiger partial charge is 0.465 e. The van der Waals surface area contributed by atoms with Crippen LogP contribution in [-0.4, -0.2) is 13.1 Å². The number of benzene rings is 1. The number of halogens is 1. The number of nitrogens with two attached hydrogens (primary N) is 1. The van der Waals surface area contributed by atoms with E-state index in [1.54, 1.807) is 29.5 Å². The van der Waals surface area contributed by atoms with Gasteiger partial charge in [0.05, 0.1) is 30.6 Å². The van der Waals surface area contributed by atoms with Gasteiger partial charge in [-0.15, -0.1) is 11.3 Å². The number of esters is 1. The minimum Gasteiger partial charge on any atom is -0.465 e. The van der Waals surface area contributed by atoms with Crippen LogP contribution in [0.4, 0.5) is 11.4 Å². The molecule has 0 aliphatic carbocycles. The molecule has 0 aliphatic heterocycles. The molecule has 6 heteroatoms. The van der Waals surface area contributed by atoms with E-state index in [0.717, 1.165) is 10.2 Å². The number of ether oxygens (including phenoxy) is 1. The Morgan fingerprint density at radius 1 is 1.47 bits per heavy atom. The predicted molar refractivity (Wildman–Crippen MR) is 81.5 cm³/mol. The van der Waals surface area contributed by atoms with Crippen molar-refractivity contribution in [2.45, 2.75) is 6.54 Å². The van der Waals surface area contributed by atoms with Crippen LogP contribution in [-0.2, 0) is 11.3 Å². The number of methoxy groups -OCH3 is 1. The molecule has 1 aromatic carbocycles. The highest BCUT2D eigenvalue weighted by atomic mass is 79.9. The monoisotopic (exact) mass is 340 g/mol. The van der Waals surface area contributed by atoms with Gasteiger partial charge in [-0.1, -0.05) is 0 Å². The smallest absolute Gasteiger partial charge is 0.337 e. The zero-order valence-corrected chi connectivity index (χ0v) is 12.7. The fourth-order valence-corrected chi connectivity index (χ4v) is 3.03. The Morgan fingerprint density at radius 2 is 2.26 bits per heavy atom. The van der Waals surface area contributed by atoms with Gasteiger partial charge in [0, 0.05) is 9.35 Å². The maximum absolute atomic E-state index is 11.4. The number of thiophene rings is 1. The van der Waals surface area contributed by atoms with Crippen LogP contribution in [0.3, 0.4) is 0 Å². The molecule has 1 heterocycles. The molecule has 0 saturated carbocycles. The van der Waals surface area contributed by atoms with Crippen molar-refractivity contribution in [1.29, 1.82) is 0 Å². The third-order valence-electron chi connectivity index (χ3n) is 2.60. The van der Waals surface area contributed by atoms with Crippen LogP contribution in [0.1, 0.15) is 15.2 Å². The summed E-state index contributed by atoms with van der Waals surface area (Å²) in [7, 11) is 1.35. The number of nitrogen functional groups attached to an aromatic ring is 1. The van der Waals surface area contributed by atoms with E-state index in [4.69, 9.17) is 5.73 Å². The van der Waals surface area contributed by atoms with Gasteiger partial charge in [-0.25, -0.2) is 4.79 Å². The Morgan fingerprint density at radius 3 is 2.84 bits per heavy atom. The van der Waals surface area contributed by atoms with Gasteiger partial charge in [-0.05, 0) is 45.6 Å². The normalized spacial score (nSPS) is 10.2. The Kier molecular flexibility index (Phi) is 4.44. The zero-order valence-electron chi connectivity index (χ0n) is 10.3. The van der Waals surface area contributed by atoms with Crippen LogP contribution >= 0.6 is 27.3 Å². The lowest BCUT2D eigenvalue weighted by Crippen LogP contribution is -2.05. The molecule has 0 unspecified atom stereocenters. The number of hydrogen-bond donors (Lipinski definition) is 2. The summed E-state index contributed by atoms with van der Waals surface area (Å²) in [5.41, 5.74) is 7.68. The minimum atomic E-state index is -0.390. The van der Waals surface area contributed by atoms with Gasteiger partial charge in [-0.2, -0.15) is 0 Å². The third-order valence-corrected chi connectivity index (χ3v) is 4.53. The van der Waals surface area contributed by atoms with Gasteiger partial charge >= 0.3 is 5.97 Å². The van der Waals surface area contributed by atoms with E-state index >= 15 is 0 Å². The molecule has 0 radical (unpaired) electrons. The van der Waals surface area contributed by atoms with E-state index in [2.05, 4.69) is 26.0 Å². The summed E-state index contributed by atoms with van der Waals surface area (Å²) in [5, 5.41) is 5.26. The first-order valence-corrected chi connectivity index (χ1v) is 7.22. The summed E-state index contributed by atoms with van der Waals surface area (Å²) in [6.45, 7) is 0.681. The molecule has 0 atom stereocenters. The third kappa shape index (κ3) is 3.27. The summed E-state index contributed by atoms with van der Waals surface area (Å²) in [6, 6.07) is 7.08. The van der Waals surface area contributed by atoms with Crippen LogP contribution in [0.25, 0.3) is 0 Å². The maximum atomic E-state index is 11.4. The summed E-state index contributed by atoms with van der Waals surface area (Å²) in [4.78, 5) is 12.6. The number of carbonyl (C=O) groups is 1. The van der Waals surface area contributed by atoms with Crippen LogP contribution in [0.15, 0.2) is 34.1 Å². The zero-order chi connectivity index (χ0) is 13.8. The molecule has 100 valence electrons. The minimum absolute atomic E-state index is 0.390. The van der Waals surface area contributed by atoms with Gasteiger partial charge in [0.2, 0.25) is 0 Å². The molecule has 0 fully saturated rings. The fourth-order valence-electron chi connectivity index (χ4n) is 1.60. The summed E-state index contributed by atoms with van der Waals surface area (Å²) in [6.07, 6.45) is 0. The highest BCUT2D eigenvalue weighted by Crippen LogP contribution is 2.26. The molecule has 19 heavy (non-hydrogen) atoms. The molecular formula is C13H13BrN2O2S. The number of hydrogen-bond acceptors (Lipinski definition) is 5. The summed E-state index contributed by atoms with van der Waals surface area (Å²) < 4.78 is 5.72. The Labute approximate surface area is 123 Å². The molecule has 0 bridgehead atoms. The molecule has 0 amide bonds. The van der Waals surface area contributed by atoms with Crippen molar-refractivity contribution in [2.75, 3.05) is 18.2 Å². The maximum Gasteiger partial charge on any atom is 0.337 e. The number of carbonyl (C=O) groups excluding carboxylic acids is 1.